The molecule has 0 spiro atoms. The van der Waals surface area contributed by atoms with Crippen LogP contribution in [-0.4, -0.2) is 50.4 Å². The lowest BCUT2D eigenvalue weighted by molar-refractivity contribution is -0.141. The summed E-state index contributed by atoms with van der Waals surface area (Å²) in [5.74, 6) is -3.13. The Labute approximate surface area is 152 Å². The minimum atomic E-state index is -4.87. The van der Waals surface area contributed by atoms with Crippen LogP contribution in [0, 0.1) is 0 Å². The van der Waals surface area contributed by atoms with E-state index in [0.717, 1.165) is 0 Å². The highest BCUT2D eigenvalue weighted by molar-refractivity contribution is 7.92. The molecule has 8 nitrogen and oxygen atoms in total. The van der Waals surface area contributed by atoms with Crippen molar-refractivity contribution >= 4 is 38.5 Å². The highest BCUT2D eigenvalue weighted by Crippen LogP contribution is 2.23. The van der Waals surface area contributed by atoms with Gasteiger partial charge in [-0.3, -0.25) is 14.3 Å². The van der Waals surface area contributed by atoms with Gasteiger partial charge in [0.2, 0.25) is 15.9 Å². The molecule has 0 unspecified atom stereocenters. The maximum Gasteiger partial charge on any atom is 0.404 e. The smallest absolute Gasteiger partial charge is 0.404 e. The van der Waals surface area contributed by atoms with E-state index in [0.29, 0.717) is 10.9 Å². The number of aromatic nitrogens is 1. The van der Waals surface area contributed by atoms with Crippen LogP contribution in [-0.2, 0) is 30.9 Å². The summed E-state index contributed by atoms with van der Waals surface area (Å²) in [6.07, 6.45) is -3.32. The molecule has 12 heteroatoms. The Morgan fingerprint density at radius 1 is 1.22 bits per heavy atom. The van der Waals surface area contributed by atoms with Crippen molar-refractivity contribution in [3.05, 3.63) is 30.5 Å². The van der Waals surface area contributed by atoms with E-state index >= 15 is 0 Å². The molecule has 1 amide bonds. The van der Waals surface area contributed by atoms with Crippen molar-refractivity contribution < 1.29 is 35.9 Å². The lowest BCUT2D eigenvalue weighted by Gasteiger charge is -2.11. The average molecular weight is 407 g/mol. The molecule has 0 bridgehead atoms. The normalized spacial score (nSPS) is 12.0. The Morgan fingerprint density at radius 2 is 1.93 bits per heavy atom. The third-order valence-electron chi connectivity index (χ3n) is 3.37. The van der Waals surface area contributed by atoms with Crippen molar-refractivity contribution in [3.63, 3.8) is 0 Å². The molecular formula is C15H16F3N3O5S. The van der Waals surface area contributed by atoms with Crippen molar-refractivity contribution in [2.24, 2.45) is 0 Å². The van der Waals surface area contributed by atoms with Gasteiger partial charge in [0.25, 0.3) is 0 Å². The number of carbonyl (C=O) groups excluding carboxylic acids is 2. The number of alkyl halides is 3. The lowest BCUT2D eigenvalue weighted by atomic mass is 10.2. The van der Waals surface area contributed by atoms with Gasteiger partial charge in [-0.15, -0.1) is 0 Å². The van der Waals surface area contributed by atoms with E-state index in [9.17, 15) is 31.2 Å². The lowest BCUT2D eigenvalue weighted by Crippen LogP contribution is -2.32. The Morgan fingerprint density at radius 3 is 2.56 bits per heavy atom. The first-order valence-corrected chi connectivity index (χ1v) is 9.14. The fourth-order valence-electron chi connectivity index (χ4n) is 2.27. The highest BCUT2D eigenvalue weighted by Gasteiger charge is 2.35. The second kappa shape index (κ2) is 7.86. The van der Waals surface area contributed by atoms with E-state index in [1.54, 1.807) is 12.3 Å². The van der Waals surface area contributed by atoms with Gasteiger partial charge in [-0.2, -0.15) is 13.2 Å². The third-order valence-corrected chi connectivity index (χ3v) is 4.63. The number of rotatable bonds is 7. The number of hydrogen-bond donors (Lipinski definition) is 2. The standard InChI is InChI=1S/C15H16F3N3O5S/c1-26-14(23)7-19-13(22)8-21-5-4-10-2-3-11(6-12(10)21)20-27(24,25)9-15(16,17)18/h2-6,20H,7-9H2,1H3,(H,19,22). The molecular weight excluding hydrogens is 391 g/mol. The summed E-state index contributed by atoms with van der Waals surface area (Å²) in [6, 6.07) is 5.79. The SMILES string of the molecule is COC(=O)CNC(=O)Cn1ccc2ccc(NS(=O)(=O)CC(F)(F)F)cc21. The maximum atomic E-state index is 12.3. The number of amides is 1. The van der Waals surface area contributed by atoms with E-state index in [-0.39, 0.29) is 18.8 Å². The van der Waals surface area contributed by atoms with Crippen molar-refractivity contribution in [1.82, 2.24) is 9.88 Å². The molecule has 0 saturated carbocycles. The van der Waals surface area contributed by atoms with Gasteiger partial charge in [0.15, 0.2) is 5.75 Å². The number of ether oxygens (including phenoxy) is 1. The Balaban J connectivity index is 2.16. The predicted molar refractivity (Wildman–Crippen MR) is 90.4 cm³/mol. The molecule has 1 aromatic carbocycles. The predicted octanol–water partition coefficient (Wildman–Crippen LogP) is 1.23. The van der Waals surface area contributed by atoms with Gasteiger partial charge in [-0.1, -0.05) is 6.07 Å². The molecule has 2 rings (SSSR count). The van der Waals surface area contributed by atoms with Crippen LogP contribution < -0.4 is 10.0 Å². The van der Waals surface area contributed by atoms with Crippen molar-refractivity contribution in [3.8, 4) is 0 Å². The van der Waals surface area contributed by atoms with Crippen LogP contribution in [0.5, 0.6) is 0 Å². The van der Waals surface area contributed by atoms with Gasteiger partial charge < -0.3 is 14.6 Å². The van der Waals surface area contributed by atoms with Gasteiger partial charge in [-0.25, -0.2) is 8.42 Å². The fourth-order valence-corrected chi connectivity index (χ4v) is 3.26. The second-order valence-corrected chi connectivity index (χ2v) is 7.27. The quantitative estimate of drug-likeness (QED) is 0.672. The molecule has 2 N–H and O–H groups in total. The van der Waals surface area contributed by atoms with Crippen LogP contribution in [0.2, 0.25) is 0 Å². The van der Waals surface area contributed by atoms with Gasteiger partial charge in [0, 0.05) is 6.20 Å². The number of nitrogens with one attached hydrogen (secondary N) is 2. The first-order chi connectivity index (χ1) is 12.5. The number of nitrogens with zero attached hydrogens (tertiary/aromatic N) is 1. The zero-order valence-corrected chi connectivity index (χ0v) is 14.9. The maximum absolute atomic E-state index is 12.3. The summed E-state index contributed by atoms with van der Waals surface area (Å²) in [5.41, 5.74) is 0.358. The zero-order valence-electron chi connectivity index (χ0n) is 14.0. The number of methoxy groups -OCH3 is 1. The molecule has 0 atom stereocenters. The fraction of sp³-hybridized carbons (Fsp3) is 0.333. The number of hydrogen-bond acceptors (Lipinski definition) is 5. The van der Waals surface area contributed by atoms with Crippen molar-refractivity contribution in [2.45, 2.75) is 12.7 Å². The Kier molecular flexibility index (Phi) is 5.98. The van der Waals surface area contributed by atoms with E-state index < -0.39 is 33.8 Å². The van der Waals surface area contributed by atoms with Crippen molar-refractivity contribution in [2.75, 3.05) is 24.1 Å². The van der Waals surface area contributed by atoms with Gasteiger partial charge >= 0.3 is 12.1 Å². The summed E-state index contributed by atoms with van der Waals surface area (Å²) in [4.78, 5) is 22.9. The van der Waals surface area contributed by atoms with Crippen molar-refractivity contribution in [1.29, 1.82) is 0 Å². The monoisotopic (exact) mass is 407 g/mol. The molecule has 0 aliphatic carbocycles. The van der Waals surface area contributed by atoms with Crippen LogP contribution >= 0.6 is 0 Å². The molecule has 0 saturated heterocycles. The Hall–Kier alpha value is -2.76. The molecule has 0 aliphatic heterocycles. The molecule has 1 aromatic heterocycles. The van der Waals surface area contributed by atoms with Gasteiger partial charge in [-0.05, 0) is 23.6 Å². The molecule has 0 radical (unpaired) electrons. The third kappa shape index (κ3) is 6.16. The molecule has 0 aliphatic rings. The molecule has 2 aromatic rings. The number of anilines is 1. The molecule has 27 heavy (non-hydrogen) atoms. The Bertz CT molecular complexity index is 953. The first-order valence-electron chi connectivity index (χ1n) is 7.49. The summed E-state index contributed by atoms with van der Waals surface area (Å²) >= 11 is 0. The van der Waals surface area contributed by atoms with Crippen LogP contribution in [0.3, 0.4) is 0 Å². The van der Waals surface area contributed by atoms with E-state index in [1.807, 2.05) is 4.72 Å². The minimum Gasteiger partial charge on any atom is -0.468 e. The molecule has 148 valence electrons. The minimum absolute atomic E-state index is 0.0679. The summed E-state index contributed by atoms with van der Waals surface area (Å²) < 4.78 is 67.8. The highest BCUT2D eigenvalue weighted by atomic mass is 32.2. The van der Waals surface area contributed by atoms with E-state index in [1.165, 1.54) is 29.9 Å². The number of halogens is 3. The van der Waals surface area contributed by atoms with E-state index in [2.05, 4.69) is 10.1 Å². The summed E-state index contributed by atoms with van der Waals surface area (Å²) in [5, 5.41) is 2.99. The van der Waals surface area contributed by atoms with E-state index in [4.69, 9.17) is 0 Å². The zero-order chi connectivity index (χ0) is 20.2. The van der Waals surface area contributed by atoms with Crippen LogP contribution in [0.25, 0.3) is 10.9 Å². The molecule has 0 fully saturated rings. The summed E-state index contributed by atoms with van der Waals surface area (Å²) in [6.45, 7) is -0.490. The second-order valence-electron chi connectivity index (χ2n) is 5.55. The summed E-state index contributed by atoms with van der Waals surface area (Å²) in [7, 11) is -3.44. The number of benzene rings is 1. The van der Waals surface area contributed by atoms with Crippen LogP contribution in [0.1, 0.15) is 0 Å². The number of carbonyl (C=O) groups is 2. The topological polar surface area (TPSA) is 106 Å². The number of sulfonamides is 1. The first kappa shape index (κ1) is 20.6. The number of fused-ring (bicyclic) bond motifs is 1. The largest absolute Gasteiger partial charge is 0.468 e. The average Bonchev–Trinajstić information content (AvgIpc) is 2.92. The van der Waals surface area contributed by atoms with Crippen LogP contribution in [0.4, 0.5) is 18.9 Å². The van der Waals surface area contributed by atoms with Gasteiger partial charge in [0.05, 0.1) is 18.3 Å². The van der Waals surface area contributed by atoms with Gasteiger partial charge in [0.1, 0.15) is 13.1 Å². The van der Waals surface area contributed by atoms with Crippen LogP contribution in [0.15, 0.2) is 30.5 Å². The molecule has 1 heterocycles. The number of esters is 1.